The van der Waals surface area contributed by atoms with E-state index in [9.17, 15) is 14.0 Å². The highest BCUT2D eigenvalue weighted by Gasteiger charge is 2.48. The lowest BCUT2D eigenvalue weighted by molar-refractivity contribution is -0.147. The van der Waals surface area contributed by atoms with Gasteiger partial charge in [-0.1, -0.05) is 40.1 Å². The molecular weight excluding hydrogens is 517 g/mol. The van der Waals surface area contributed by atoms with Crippen LogP contribution in [-0.4, -0.2) is 45.9 Å². The highest BCUT2D eigenvalue weighted by molar-refractivity contribution is 6.31. The highest BCUT2D eigenvalue weighted by Crippen LogP contribution is 2.39. The first-order valence-corrected chi connectivity index (χ1v) is 12.3. The lowest BCUT2D eigenvalue weighted by atomic mass is 9.94. The van der Waals surface area contributed by atoms with Gasteiger partial charge >= 0.3 is 0 Å². The smallest absolute Gasteiger partial charge is 0.290 e. The molecule has 1 aliphatic heterocycles. The summed E-state index contributed by atoms with van der Waals surface area (Å²) in [5.74, 6) is -0.976. The van der Waals surface area contributed by atoms with Gasteiger partial charge in [-0.05, 0) is 47.2 Å². The predicted molar refractivity (Wildman–Crippen MR) is 132 cm³/mol. The van der Waals surface area contributed by atoms with Crippen LogP contribution in [0.4, 0.5) is 4.39 Å². The van der Waals surface area contributed by atoms with Crippen molar-refractivity contribution in [2.45, 2.75) is 31.3 Å². The molecule has 2 aromatic carbocycles. The molecule has 1 saturated heterocycles. The number of aryl methyl sites for hydroxylation is 2. The van der Waals surface area contributed by atoms with Crippen LogP contribution in [0.5, 0.6) is 0 Å². The van der Waals surface area contributed by atoms with Gasteiger partial charge in [-0.3, -0.25) is 9.59 Å². The fraction of sp³-hybridized carbons (Fsp3) is 0.269. The molecule has 194 valence electrons. The summed E-state index contributed by atoms with van der Waals surface area (Å²) in [7, 11) is 0. The van der Waals surface area contributed by atoms with Crippen LogP contribution >= 0.6 is 11.6 Å². The van der Waals surface area contributed by atoms with Crippen molar-refractivity contribution in [3.05, 3.63) is 76.2 Å². The molecule has 10 nitrogen and oxygen atoms in total. The Morgan fingerprint density at radius 1 is 1.16 bits per heavy atom. The van der Waals surface area contributed by atoms with E-state index in [2.05, 4.69) is 25.9 Å². The van der Waals surface area contributed by atoms with E-state index in [1.807, 2.05) is 18.2 Å². The van der Waals surface area contributed by atoms with E-state index in [-0.39, 0.29) is 47.3 Å². The Morgan fingerprint density at radius 3 is 2.68 bits per heavy atom. The SMILES string of the molecule is Cc1nc(-c2c(F)cc(Cl)cc2-c2ccc3c(c2)CCC3NC(=O)C2(NC(=O)c3ccno3)COC2)no1. The molecule has 4 aromatic rings. The number of nitrogens with one attached hydrogen (secondary N) is 2. The molecule has 3 heterocycles. The fourth-order valence-electron chi connectivity index (χ4n) is 4.84. The van der Waals surface area contributed by atoms with E-state index >= 15 is 0 Å². The van der Waals surface area contributed by atoms with Crippen LogP contribution in [0.2, 0.25) is 5.02 Å². The summed E-state index contributed by atoms with van der Waals surface area (Å²) in [6.45, 7) is 1.74. The molecule has 2 N–H and O–H groups in total. The van der Waals surface area contributed by atoms with Crippen LogP contribution in [0.1, 0.15) is 40.0 Å². The van der Waals surface area contributed by atoms with Gasteiger partial charge < -0.3 is 24.4 Å². The van der Waals surface area contributed by atoms with Crippen molar-refractivity contribution in [3.63, 3.8) is 0 Å². The zero-order chi connectivity index (χ0) is 26.4. The third-order valence-corrected chi connectivity index (χ3v) is 7.01. The van der Waals surface area contributed by atoms with Crippen LogP contribution in [0, 0.1) is 12.7 Å². The molecule has 2 aromatic heterocycles. The normalized spacial score (nSPS) is 17.5. The number of carbonyl (C=O) groups excluding carboxylic acids is 2. The molecule has 0 spiro atoms. The average Bonchev–Trinajstić information content (AvgIpc) is 3.62. The third kappa shape index (κ3) is 4.23. The molecule has 0 bridgehead atoms. The monoisotopic (exact) mass is 537 g/mol. The van der Waals surface area contributed by atoms with Gasteiger partial charge in [0.15, 0.2) is 5.54 Å². The number of hydrogen-bond donors (Lipinski definition) is 2. The van der Waals surface area contributed by atoms with Gasteiger partial charge in [0.2, 0.25) is 17.5 Å². The van der Waals surface area contributed by atoms with Crippen LogP contribution in [0.15, 0.2) is 51.6 Å². The molecular formula is C26H21ClFN5O5. The molecule has 1 unspecified atom stereocenters. The van der Waals surface area contributed by atoms with Crippen molar-refractivity contribution < 1.29 is 27.8 Å². The van der Waals surface area contributed by atoms with Crippen molar-refractivity contribution in [1.29, 1.82) is 0 Å². The zero-order valence-corrected chi connectivity index (χ0v) is 20.8. The summed E-state index contributed by atoms with van der Waals surface area (Å²) >= 11 is 6.19. The highest BCUT2D eigenvalue weighted by atomic mass is 35.5. The van der Waals surface area contributed by atoms with E-state index < -0.39 is 17.3 Å². The second kappa shape index (κ2) is 9.34. The van der Waals surface area contributed by atoms with Crippen molar-refractivity contribution in [3.8, 4) is 22.5 Å². The molecule has 2 amide bonds. The average molecular weight is 538 g/mol. The zero-order valence-electron chi connectivity index (χ0n) is 20.1. The van der Waals surface area contributed by atoms with E-state index in [1.165, 1.54) is 18.3 Å². The largest absolute Gasteiger partial charge is 0.375 e. The standard InChI is InChI=1S/C26H21ClFN5O5/c1-13-30-23(33-37-13)22-18(9-16(27)10-19(22)28)15-2-4-17-14(8-15)3-5-20(17)31-25(35)26(11-36-12-26)32-24(34)21-6-7-29-38-21/h2,4,6-10,20H,3,5,11-12H2,1H3,(H,31,35)(H,32,34). The Bertz CT molecular complexity index is 1550. The molecule has 1 fully saturated rings. The van der Waals surface area contributed by atoms with E-state index in [0.717, 1.165) is 16.7 Å². The van der Waals surface area contributed by atoms with Gasteiger partial charge in [-0.25, -0.2) is 4.39 Å². The van der Waals surface area contributed by atoms with Gasteiger partial charge in [-0.2, -0.15) is 4.98 Å². The maximum absolute atomic E-state index is 15.0. The van der Waals surface area contributed by atoms with E-state index in [1.54, 1.807) is 13.0 Å². The van der Waals surface area contributed by atoms with Crippen molar-refractivity contribution in [2.24, 2.45) is 0 Å². The van der Waals surface area contributed by atoms with Crippen LogP contribution < -0.4 is 10.6 Å². The summed E-state index contributed by atoms with van der Waals surface area (Å²) in [6.07, 6.45) is 2.71. The molecule has 0 radical (unpaired) electrons. The minimum Gasteiger partial charge on any atom is -0.375 e. The van der Waals surface area contributed by atoms with Gasteiger partial charge in [0.1, 0.15) is 5.82 Å². The topological polar surface area (TPSA) is 132 Å². The summed E-state index contributed by atoms with van der Waals surface area (Å²) < 4.78 is 30.2. The van der Waals surface area contributed by atoms with Crippen molar-refractivity contribution in [1.82, 2.24) is 25.9 Å². The number of hydrogen-bond acceptors (Lipinski definition) is 8. The Balaban J connectivity index is 1.25. The van der Waals surface area contributed by atoms with Gasteiger partial charge in [0, 0.05) is 18.0 Å². The van der Waals surface area contributed by atoms with Crippen LogP contribution in [-0.2, 0) is 16.0 Å². The van der Waals surface area contributed by atoms with Crippen LogP contribution in [0.3, 0.4) is 0 Å². The first-order valence-electron chi connectivity index (χ1n) is 11.9. The summed E-state index contributed by atoms with van der Waals surface area (Å²) in [5.41, 5.74) is 2.22. The minimum atomic E-state index is -1.19. The first-order chi connectivity index (χ1) is 18.3. The van der Waals surface area contributed by atoms with Crippen molar-refractivity contribution >= 4 is 23.4 Å². The number of rotatable bonds is 6. The summed E-state index contributed by atoms with van der Waals surface area (Å²) in [5, 5.41) is 13.4. The van der Waals surface area contributed by atoms with Crippen LogP contribution in [0.25, 0.3) is 22.5 Å². The summed E-state index contributed by atoms with van der Waals surface area (Å²) in [4.78, 5) is 29.9. The molecule has 6 rings (SSSR count). The number of nitrogens with zero attached hydrogens (tertiary/aromatic N) is 3. The molecule has 12 heteroatoms. The Labute approximate surface area is 220 Å². The number of carbonyl (C=O) groups is 2. The molecule has 0 saturated carbocycles. The second-order valence-electron chi connectivity index (χ2n) is 9.33. The fourth-order valence-corrected chi connectivity index (χ4v) is 5.04. The quantitative estimate of drug-likeness (QED) is 0.379. The number of benzene rings is 2. The lowest BCUT2D eigenvalue weighted by Crippen LogP contribution is -2.70. The molecule has 1 aliphatic carbocycles. The Morgan fingerprint density at radius 2 is 2.00 bits per heavy atom. The number of amides is 2. The van der Waals surface area contributed by atoms with E-state index in [4.69, 9.17) is 25.4 Å². The maximum Gasteiger partial charge on any atom is 0.290 e. The number of aromatic nitrogens is 3. The minimum absolute atomic E-state index is 0.00983. The van der Waals surface area contributed by atoms with Gasteiger partial charge in [0.05, 0.1) is 31.0 Å². The molecule has 1 atom stereocenters. The number of ether oxygens (including phenoxy) is 1. The second-order valence-corrected chi connectivity index (χ2v) is 9.77. The third-order valence-electron chi connectivity index (χ3n) is 6.79. The predicted octanol–water partition coefficient (Wildman–Crippen LogP) is 3.80. The summed E-state index contributed by atoms with van der Waals surface area (Å²) in [6, 6.07) is 9.74. The van der Waals surface area contributed by atoms with Gasteiger partial charge in [-0.15, -0.1) is 0 Å². The Kier molecular flexibility index (Phi) is 5.96. The molecule has 38 heavy (non-hydrogen) atoms. The number of halogens is 2. The number of fused-ring (bicyclic) bond motifs is 1. The lowest BCUT2D eigenvalue weighted by Gasteiger charge is -2.40. The van der Waals surface area contributed by atoms with Gasteiger partial charge in [0.25, 0.3) is 11.8 Å². The van der Waals surface area contributed by atoms with Crippen molar-refractivity contribution in [2.75, 3.05) is 13.2 Å². The maximum atomic E-state index is 15.0. The Hall–Kier alpha value is -4.09. The molecule has 2 aliphatic rings. The first kappa shape index (κ1) is 24.3. The van der Waals surface area contributed by atoms with E-state index in [0.29, 0.717) is 24.3 Å².